The molecule has 0 atom stereocenters. The number of halogens is 1. The first-order valence-electron chi connectivity index (χ1n) is 9.16. The number of benzene rings is 1. The fourth-order valence-electron chi connectivity index (χ4n) is 2.99. The monoisotopic (exact) mass is 413 g/mol. The number of hydrogen-bond acceptors (Lipinski definition) is 7. The zero-order valence-corrected chi connectivity index (χ0v) is 16.4. The van der Waals surface area contributed by atoms with Gasteiger partial charge < -0.3 is 24.9 Å². The molecule has 0 radical (unpaired) electrons. The lowest BCUT2D eigenvalue weighted by Gasteiger charge is -2.34. The summed E-state index contributed by atoms with van der Waals surface area (Å²) in [5.41, 5.74) is 6.80. The predicted molar refractivity (Wildman–Crippen MR) is 104 cm³/mol. The average Bonchev–Trinajstić information content (AvgIpc) is 3.20. The van der Waals surface area contributed by atoms with Gasteiger partial charge in [0.05, 0.1) is 42.8 Å². The molecule has 3 N–H and O–H groups in total. The van der Waals surface area contributed by atoms with Crippen LogP contribution in [0, 0.1) is 11.2 Å². The topological polar surface area (TPSA) is 125 Å². The van der Waals surface area contributed by atoms with Crippen molar-refractivity contribution in [2.45, 2.75) is 13.2 Å². The van der Waals surface area contributed by atoms with Crippen LogP contribution in [0.1, 0.15) is 19.0 Å². The van der Waals surface area contributed by atoms with Crippen molar-refractivity contribution >= 4 is 5.91 Å². The molecule has 156 valence electrons. The number of nitrogens with one attached hydrogen (secondary N) is 1. The maximum Gasteiger partial charge on any atom is 0.316 e. The van der Waals surface area contributed by atoms with Crippen molar-refractivity contribution in [3.05, 3.63) is 48.2 Å². The van der Waals surface area contributed by atoms with E-state index < -0.39 is 17.6 Å². The zero-order valence-electron chi connectivity index (χ0n) is 16.4. The fourth-order valence-corrected chi connectivity index (χ4v) is 2.99. The summed E-state index contributed by atoms with van der Waals surface area (Å²) in [4.78, 5) is 27.8. The highest BCUT2D eigenvalue weighted by molar-refractivity contribution is 5.80. The summed E-state index contributed by atoms with van der Waals surface area (Å²) in [6, 6.07) is 7.81. The summed E-state index contributed by atoms with van der Waals surface area (Å²) < 4.78 is 29.9. The lowest BCUT2D eigenvalue weighted by Crippen LogP contribution is -2.46. The molecule has 1 aliphatic heterocycles. The number of aromatic amines is 1. The molecule has 0 bridgehead atoms. The molecule has 1 saturated heterocycles. The van der Waals surface area contributed by atoms with Gasteiger partial charge in [-0.25, -0.2) is 14.4 Å². The second-order valence-corrected chi connectivity index (χ2v) is 7.16. The predicted octanol–water partition coefficient (Wildman–Crippen LogP) is 2.22. The molecule has 0 spiro atoms. The third kappa shape index (κ3) is 3.74. The number of ether oxygens (including phenoxy) is 3. The van der Waals surface area contributed by atoms with Crippen molar-refractivity contribution in [2.75, 3.05) is 20.3 Å². The van der Waals surface area contributed by atoms with Gasteiger partial charge in [-0.1, -0.05) is 0 Å². The molecule has 30 heavy (non-hydrogen) atoms. The Morgan fingerprint density at radius 2 is 1.93 bits per heavy atom. The molecule has 1 aliphatic rings. The number of rotatable bonds is 5. The van der Waals surface area contributed by atoms with Gasteiger partial charge in [0.1, 0.15) is 5.82 Å². The van der Waals surface area contributed by atoms with E-state index in [2.05, 4.69) is 19.9 Å². The number of methoxy groups -OCH3 is 1. The van der Waals surface area contributed by atoms with Crippen LogP contribution in [-0.2, 0) is 14.3 Å². The van der Waals surface area contributed by atoms with Crippen LogP contribution in [0.4, 0.5) is 4.39 Å². The third-order valence-corrected chi connectivity index (χ3v) is 4.84. The Kier molecular flexibility index (Phi) is 5.18. The largest absolute Gasteiger partial charge is 0.467 e. The summed E-state index contributed by atoms with van der Waals surface area (Å²) in [6.45, 7) is 1.86. The van der Waals surface area contributed by atoms with Crippen LogP contribution in [0.2, 0.25) is 0 Å². The zero-order chi connectivity index (χ0) is 21.3. The number of hydrogen-bond donors (Lipinski definition) is 2. The SMILES string of the molecule is COc1nccc(-c2[nH]c(C3OCC(C)(C(N)=O)CO3)nc2-c2ccc(F)cc2)n1. The van der Waals surface area contributed by atoms with Crippen LogP contribution in [0.5, 0.6) is 6.01 Å². The summed E-state index contributed by atoms with van der Waals surface area (Å²) in [5.74, 6) is -0.473. The maximum atomic E-state index is 13.4. The van der Waals surface area contributed by atoms with Crippen molar-refractivity contribution in [3.63, 3.8) is 0 Å². The molecule has 4 rings (SSSR count). The molecule has 3 heterocycles. The highest BCUT2D eigenvalue weighted by atomic mass is 19.1. The number of aromatic nitrogens is 4. The summed E-state index contributed by atoms with van der Waals surface area (Å²) >= 11 is 0. The second kappa shape index (κ2) is 7.81. The standard InChI is InChI=1S/C20H20FN5O4/c1-20(18(22)27)9-29-17(30-10-20)16-25-14(11-3-5-12(21)6-4-11)15(26-16)13-7-8-23-19(24-13)28-2/h3-8,17H,9-10H2,1-2H3,(H2,22,27)(H,25,26). The Bertz CT molecular complexity index is 1060. The number of carbonyl (C=O) groups excluding carboxylic acids is 1. The van der Waals surface area contributed by atoms with Gasteiger partial charge in [-0.05, 0) is 37.3 Å². The van der Waals surface area contributed by atoms with Crippen molar-refractivity contribution in [3.8, 4) is 28.7 Å². The van der Waals surface area contributed by atoms with Crippen LogP contribution in [0.25, 0.3) is 22.6 Å². The smallest absolute Gasteiger partial charge is 0.316 e. The van der Waals surface area contributed by atoms with E-state index in [1.807, 2.05) is 0 Å². The van der Waals surface area contributed by atoms with E-state index in [4.69, 9.17) is 19.9 Å². The van der Waals surface area contributed by atoms with Gasteiger partial charge in [-0.3, -0.25) is 4.79 Å². The minimum Gasteiger partial charge on any atom is -0.467 e. The molecular formula is C20H20FN5O4. The van der Waals surface area contributed by atoms with Crippen molar-refractivity contribution in [1.82, 2.24) is 19.9 Å². The summed E-state index contributed by atoms with van der Waals surface area (Å²) in [6.07, 6.45) is 0.733. The third-order valence-electron chi connectivity index (χ3n) is 4.84. The Balaban J connectivity index is 1.73. The van der Waals surface area contributed by atoms with E-state index >= 15 is 0 Å². The highest BCUT2D eigenvalue weighted by Gasteiger charge is 2.39. The molecule has 9 nitrogen and oxygen atoms in total. The highest BCUT2D eigenvalue weighted by Crippen LogP contribution is 2.35. The summed E-state index contributed by atoms with van der Waals surface area (Å²) in [7, 11) is 1.47. The first kappa shape index (κ1) is 19.9. The van der Waals surface area contributed by atoms with Gasteiger partial charge in [0.2, 0.25) is 12.2 Å². The molecular weight excluding hydrogens is 393 g/mol. The second-order valence-electron chi connectivity index (χ2n) is 7.16. The van der Waals surface area contributed by atoms with E-state index in [0.717, 1.165) is 0 Å². The molecule has 2 aromatic heterocycles. The first-order chi connectivity index (χ1) is 14.4. The fraction of sp³-hybridized carbons (Fsp3) is 0.300. The van der Waals surface area contributed by atoms with Crippen LogP contribution in [0.15, 0.2) is 36.5 Å². The van der Waals surface area contributed by atoms with Crippen molar-refractivity contribution in [1.29, 1.82) is 0 Å². The van der Waals surface area contributed by atoms with Crippen LogP contribution in [-0.4, -0.2) is 46.2 Å². The van der Waals surface area contributed by atoms with E-state index in [-0.39, 0.29) is 25.0 Å². The van der Waals surface area contributed by atoms with Crippen molar-refractivity contribution < 1.29 is 23.4 Å². The number of amides is 1. The van der Waals surface area contributed by atoms with Gasteiger partial charge in [0.25, 0.3) is 0 Å². The maximum absolute atomic E-state index is 13.4. The molecule has 3 aromatic rings. The van der Waals surface area contributed by atoms with Crippen LogP contribution >= 0.6 is 0 Å². The number of imidazole rings is 1. The quantitative estimate of drug-likeness (QED) is 0.657. The average molecular weight is 413 g/mol. The summed E-state index contributed by atoms with van der Waals surface area (Å²) in [5, 5.41) is 0. The lowest BCUT2D eigenvalue weighted by atomic mass is 9.91. The van der Waals surface area contributed by atoms with Gasteiger partial charge in [-0.2, -0.15) is 4.98 Å². The minimum absolute atomic E-state index is 0.0935. The first-order valence-corrected chi connectivity index (χ1v) is 9.16. The Morgan fingerprint density at radius 1 is 1.23 bits per heavy atom. The Hall–Kier alpha value is -3.37. The van der Waals surface area contributed by atoms with Gasteiger partial charge in [0, 0.05) is 11.8 Å². The molecule has 0 unspecified atom stereocenters. The van der Waals surface area contributed by atoms with E-state index in [9.17, 15) is 9.18 Å². The van der Waals surface area contributed by atoms with Crippen LogP contribution < -0.4 is 10.5 Å². The van der Waals surface area contributed by atoms with E-state index in [1.54, 1.807) is 31.3 Å². The Labute approximate surface area is 171 Å². The van der Waals surface area contributed by atoms with Crippen LogP contribution in [0.3, 0.4) is 0 Å². The normalized spacial score (nSPS) is 21.4. The molecule has 0 aliphatic carbocycles. The molecule has 0 saturated carbocycles. The lowest BCUT2D eigenvalue weighted by molar-refractivity contribution is -0.230. The van der Waals surface area contributed by atoms with Gasteiger partial charge in [0.15, 0.2) is 5.82 Å². The minimum atomic E-state index is -0.911. The van der Waals surface area contributed by atoms with E-state index in [1.165, 1.54) is 19.2 Å². The number of H-pyrrole nitrogens is 1. The number of carbonyl (C=O) groups is 1. The van der Waals surface area contributed by atoms with Crippen molar-refractivity contribution in [2.24, 2.45) is 11.1 Å². The van der Waals surface area contributed by atoms with E-state index in [0.29, 0.717) is 28.5 Å². The Morgan fingerprint density at radius 3 is 2.57 bits per heavy atom. The van der Waals surface area contributed by atoms with Gasteiger partial charge in [-0.15, -0.1) is 0 Å². The number of primary amides is 1. The molecule has 1 amide bonds. The molecule has 1 fully saturated rings. The number of nitrogens with zero attached hydrogens (tertiary/aromatic N) is 3. The molecule has 10 heteroatoms. The van der Waals surface area contributed by atoms with Gasteiger partial charge >= 0.3 is 6.01 Å². The number of nitrogens with two attached hydrogens (primary N) is 1. The molecule has 1 aromatic carbocycles.